The molecule has 0 aliphatic heterocycles. The molecule has 1 aromatic carbocycles. The molecule has 0 saturated carbocycles. The summed E-state index contributed by atoms with van der Waals surface area (Å²) in [5.41, 5.74) is 2.74. The molecule has 7 nitrogen and oxygen atoms in total. The first-order valence-electron chi connectivity index (χ1n) is 8.46. The zero-order chi connectivity index (χ0) is 18.9. The van der Waals surface area contributed by atoms with Crippen molar-refractivity contribution in [3.63, 3.8) is 0 Å². The molecular formula is C19H22N4O3. The van der Waals surface area contributed by atoms with E-state index in [1.54, 1.807) is 14.1 Å². The Morgan fingerprint density at radius 2 is 1.96 bits per heavy atom. The van der Waals surface area contributed by atoms with Gasteiger partial charge in [0.2, 0.25) is 18.2 Å². The Morgan fingerprint density at radius 1 is 1.27 bits per heavy atom. The summed E-state index contributed by atoms with van der Waals surface area (Å²) in [6, 6.07) is 7.85. The zero-order valence-corrected chi connectivity index (χ0v) is 15.1. The molecule has 3 amide bonds. The Kier molecular flexibility index (Phi) is 4.63. The minimum atomic E-state index is -0.908. The first-order chi connectivity index (χ1) is 12.4. The lowest BCUT2D eigenvalue weighted by atomic mass is 9.93. The number of benzene rings is 1. The van der Waals surface area contributed by atoms with Gasteiger partial charge in [-0.3, -0.25) is 19.4 Å². The summed E-state index contributed by atoms with van der Waals surface area (Å²) in [4.78, 5) is 41.0. The number of nitrogens with one attached hydrogen (secondary N) is 2. The van der Waals surface area contributed by atoms with Gasteiger partial charge >= 0.3 is 0 Å². The van der Waals surface area contributed by atoms with Crippen molar-refractivity contribution in [2.45, 2.75) is 31.8 Å². The first kappa shape index (κ1) is 17.8. The Bertz CT molecular complexity index is 896. The van der Waals surface area contributed by atoms with Crippen LogP contribution in [0.1, 0.15) is 23.7 Å². The number of hydrogen-bond acceptors (Lipinski definition) is 4. The second kappa shape index (κ2) is 6.74. The van der Waals surface area contributed by atoms with E-state index in [1.807, 2.05) is 24.3 Å². The van der Waals surface area contributed by atoms with Gasteiger partial charge in [0.1, 0.15) is 5.54 Å². The van der Waals surface area contributed by atoms with E-state index in [4.69, 9.17) is 0 Å². The van der Waals surface area contributed by atoms with E-state index in [2.05, 4.69) is 15.6 Å². The fourth-order valence-electron chi connectivity index (χ4n) is 3.54. The van der Waals surface area contributed by atoms with Crippen LogP contribution in [0.3, 0.4) is 0 Å². The molecule has 0 radical (unpaired) electrons. The molecule has 2 aromatic rings. The number of nitrogens with zero attached hydrogens (tertiary/aromatic N) is 2. The number of aromatic nitrogens is 1. The third-order valence-electron chi connectivity index (χ3n) is 5.04. The number of amides is 3. The van der Waals surface area contributed by atoms with Gasteiger partial charge in [-0.25, -0.2) is 0 Å². The molecule has 0 bridgehead atoms. The lowest BCUT2D eigenvalue weighted by molar-refractivity contribution is -0.138. The van der Waals surface area contributed by atoms with Gasteiger partial charge in [0.25, 0.3) is 0 Å². The molecule has 0 spiro atoms. The Balaban J connectivity index is 1.98. The Labute approximate surface area is 151 Å². The molecule has 1 unspecified atom stereocenters. The predicted octanol–water partition coefficient (Wildman–Crippen LogP) is 0.542. The predicted molar refractivity (Wildman–Crippen MR) is 97.3 cm³/mol. The molecule has 2 N–H and O–H groups in total. The number of fused-ring (bicyclic) bond motifs is 2. The quantitative estimate of drug-likeness (QED) is 0.767. The van der Waals surface area contributed by atoms with E-state index < -0.39 is 5.54 Å². The maximum Gasteiger partial charge on any atom is 0.246 e. The zero-order valence-electron chi connectivity index (χ0n) is 15.1. The number of rotatable bonds is 5. The van der Waals surface area contributed by atoms with Crippen LogP contribution < -0.4 is 10.6 Å². The summed E-state index contributed by atoms with van der Waals surface area (Å²) in [6.45, 7) is 1.84. The van der Waals surface area contributed by atoms with Gasteiger partial charge in [-0.2, -0.15) is 0 Å². The molecule has 1 atom stereocenters. The third kappa shape index (κ3) is 3.00. The van der Waals surface area contributed by atoms with Crippen LogP contribution in [0.5, 0.6) is 0 Å². The summed E-state index contributed by atoms with van der Waals surface area (Å²) in [5, 5.41) is 6.39. The average Bonchev–Trinajstić information content (AvgIpc) is 3.02. The van der Waals surface area contributed by atoms with Gasteiger partial charge in [0.15, 0.2) is 0 Å². The van der Waals surface area contributed by atoms with Gasteiger partial charge in [0, 0.05) is 39.2 Å². The normalized spacial score (nSPS) is 18.3. The fraction of sp³-hybridized carbons (Fsp3) is 0.368. The van der Waals surface area contributed by atoms with E-state index in [-0.39, 0.29) is 11.8 Å². The molecule has 26 heavy (non-hydrogen) atoms. The van der Waals surface area contributed by atoms with E-state index >= 15 is 0 Å². The molecule has 0 fully saturated rings. The number of likely N-dealkylation sites (N-methyl/N-ethyl adjacent to an activating group) is 2. The van der Waals surface area contributed by atoms with Gasteiger partial charge in [0.05, 0.1) is 17.8 Å². The molecule has 136 valence electrons. The fourth-order valence-corrected chi connectivity index (χ4v) is 3.54. The van der Waals surface area contributed by atoms with Gasteiger partial charge in [-0.1, -0.05) is 6.07 Å². The lowest BCUT2D eigenvalue weighted by Crippen LogP contribution is -2.57. The molecule has 1 aliphatic carbocycles. The summed E-state index contributed by atoms with van der Waals surface area (Å²) in [5.74, 6) is -0.278. The van der Waals surface area contributed by atoms with E-state index in [1.165, 1.54) is 11.8 Å². The molecule has 1 aromatic heterocycles. The van der Waals surface area contributed by atoms with E-state index in [9.17, 15) is 14.4 Å². The largest absolute Gasteiger partial charge is 0.357 e. The highest BCUT2D eigenvalue weighted by atomic mass is 16.2. The van der Waals surface area contributed by atoms with Crippen LogP contribution in [0.4, 0.5) is 0 Å². The van der Waals surface area contributed by atoms with Crippen molar-refractivity contribution in [1.29, 1.82) is 0 Å². The molecule has 0 saturated heterocycles. The summed E-state index contributed by atoms with van der Waals surface area (Å²) < 4.78 is 0. The van der Waals surface area contributed by atoms with Crippen molar-refractivity contribution < 1.29 is 14.4 Å². The van der Waals surface area contributed by atoms with Crippen molar-refractivity contribution in [2.24, 2.45) is 0 Å². The highest BCUT2D eigenvalue weighted by Gasteiger charge is 2.46. The van der Waals surface area contributed by atoms with E-state index in [0.717, 1.165) is 27.7 Å². The standard InChI is InChI=1S/C19H22N4O3/c1-12(25)21-10-16-5-4-13-6-14-8-19(18(26)20-2,23(3)11-24)9-15(14)7-17(13)22-16/h4-7,11H,8-10H2,1-3H3,(H,20,26)(H,21,25). The molecule has 7 heteroatoms. The average molecular weight is 354 g/mol. The van der Waals surface area contributed by atoms with Crippen molar-refractivity contribution in [3.8, 4) is 0 Å². The number of carbonyl (C=O) groups excluding carboxylic acids is 3. The second-order valence-electron chi connectivity index (χ2n) is 6.71. The van der Waals surface area contributed by atoms with Crippen LogP contribution in [-0.4, -0.2) is 47.7 Å². The Morgan fingerprint density at radius 3 is 2.58 bits per heavy atom. The maximum absolute atomic E-state index is 12.5. The third-order valence-corrected chi connectivity index (χ3v) is 5.04. The molecule has 3 rings (SSSR count). The maximum atomic E-state index is 12.5. The van der Waals surface area contributed by atoms with Crippen LogP contribution in [0.25, 0.3) is 10.9 Å². The minimum absolute atomic E-state index is 0.104. The number of pyridine rings is 1. The molecule has 1 aliphatic rings. The van der Waals surface area contributed by atoms with Crippen LogP contribution in [0, 0.1) is 0 Å². The van der Waals surface area contributed by atoms with Crippen LogP contribution in [0.2, 0.25) is 0 Å². The van der Waals surface area contributed by atoms with Crippen LogP contribution in [-0.2, 0) is 33.8 Å². The van der Waals surface area contributed by atoms with Crippen molar-refractivity contribution in [1.82, 2.24) is 20.5 Å². The van der Waals surface area contributed by atoms with E-state index in [0.29, 0.717) is 25.8 Å². The number of carbonyl (C=O) groups is 3. The van der Waals surface area contributed by atoms with Crippen molar-refractivity contribution >= 4 is 29.1 Å². The van der Waals surface area contributed by atoms with Gasteiger partial charge < -0.3 is 15.5 Å². The smallest absolute Gasteiger partial charge is 0.246 e. The minimum Gasteiger partial charge on any atom is -0.357 e. The van der Waals surface area contributed by atoms with Gasteiger partial charge in [-0.05, 0) is 29.3 Å². The first-order valence-corrected chi connectivity index (χ1v) is 8.46. The lowest BCUT2D eigenvalue weighted by Gasteiger charge is -2.34. The summed E-state index contributed by atoms with van der Waals surface area (Å²) >= 11 is 0. The highest BCUT2D eigenvalue weighted by molar-refractivity contribution is 5.91. The Hall–Kier alpha value is -2.96. The number of hydrogen-bond donors (Lipinski definition) is 2. The summed E-state index contributed by atoms with van der Waals surface area (Å²) in [7, 11) is 3.22. The van der Waals surface area contributed by atoms with Gasteiger partial charge in [-0.15, -0.1) is 0 Å². The monoisotopic (exact) mass is 354 g/mol. The van der Waals surface area contributed by atoms with Crippen molar-refractivity contribution in [3.05, 3.63) is 41.1 Å². The molecular weight excluding hydrogens is 332 g/mol. The van der Waals surface area contributed by atoms with Crippen molar-refractivity contribution in [2.75, 3.05) is 14.1 Å². The van der Waals surface area contributed by atoms with Crippen LogP contribution >= 0.6 is 0 Å². The second-order valence-corrected chi connectivity index (χ2v) is 6.71. The van der Waals surface area contributed by atoms with Crippen LogP contribution in [0.15, 0.2) is 24.3 Å². The highest BCUT2D eigenvalue weighted by Crippen LogP contribution is 2.36. The summed E-state index contributed by atoms with van der Waals surface area (Å²) in [6.07, 6.45) is 1.62. The molecule has 1 heterocycles. The topological polar surface area (TPSA) is 91.4 Å². The SMILES string of the molecule is CNC(=O)C1(N(C)C=O)Cc2cc3ccc(CNC(C)=O)nc3cc2C1.